The van der Waals surface area contributed by atoms with Crippen LogP contribution in [0.1, 0.15) is 56.2 Å². The molecular weight excluding hydrogens is 462 g/mol. The van der Waals surface area contributed by atoms with E-state index in [9.17, 15) is 4.79 Å². The molecule has 190 valence electrons. The van der Waals surface area contributed by atoms with Crippen molar-refractivity contribution in [1.29, 1.82) is 0 Å². The van der Waals surface area contributed by atoms with Crippen LogP contribution in [0.5, 0.6) is 5.75 Å². The molecule has 1 aliphatic rings. The summed E-state index contributed by atoms with van der Waals surface area (Å²) in [6, 6.07) is 8.25. The van der Waals surface area contributed by atoms with E-state index in [2.05, 4.69) is 33.6 Å². The fourth-order valence-electron chi connectivity index (χ4n) is 4.49. The number of carbonyl (C=O) groups is 1. The van der Waals surface area contributed by atoms with Crippen LogP contribution in [-0.2, 0) is 24.3 Å². The highest BCUT2D eigenvalue weighted by Gasteiger charge is 2.27. The Balaban J connectivity index is 1.39. The van der Waals surface area contributed by atoms with Crippen LogP contribution in [0.25, 0.3) is 11.0 Å². The molecule has 3 heterocycles. The number of ether oxygens (including phenoxy) is 2. The van der Waals surface area contributed by atoms with Gasteiger partial charge in [0.05, 0.1) is 11.3 Å². The molecule has 0 spiro atoms. The molecule has 1 aromatic carbocycles. The SMILES string of the molecule is CN(C)Cc1c(OCc2cccs2)ccc2c(CCC3CCN(C(=O)OC(C)(C)C)CC3)noc12. The number of hydrogen-bond donors (Lipinski definition) is 0. The van der Waals surface area contributed by atoms with Crippen LogP contribution in [0.4, 0.5) is 4.79 Å². The van der Waals surface area contributed by atoms with Crippen LogP contribution in [0.2, 0.25) is 0 Å². The number of thiophene rings is 1. The van der Waals surface area contributed by atoms with E-state index in [4.69, 9.17) is 14.0 Å². The molecule has 1 fully saturated rings. The highest BCUT2D eigenvalue weighted by molar-refractivity contribution is 7.09. The molecular formula is C27H37N3O4S. The summed E-state index contributed by atoms with van der Waals surface area (Å²) in [4.78, 5) is 17.5. The van der Waals surface area contributed by atoms with Crippen LogP contribution in [0.15, 0.2) is 34.2 Å². The maximum absolute atomic E-state index is 12.3. The number of nitrogens with zero attached hydrogens (tertiary/aromatic N) is 3. The largest absolute Gasteiger partial charge is 0.488 e. The van der Waals surface area contributed by atoms with Crippen molar-refractivity contribution in [3.8, 4) is 5.75 Å². The van der Waals surface area contributed by atoms with Gasteiger partial charge in [0, 0.05) is 29.9 Å². The topological polar surface area (TPSA) is 68.0 Å². The second-order valence-corrected chi connectivity index (χ2v) is 11.6. The van der Waals surface area contributed by atoms with Gasteiger partial charge < -0.3 is 23.8 Å². The highest BCUT2D eigenvalue weighted by atomic mass is 32.1. The number of aryl methyl sites for hydroxylation is 1. The van der Waals surface area contributed by atoms with Gasteiger partial charge in [-0.15, -0.1) is 11.3 Å². The maximum Gasteiger partial charge on any atom is 0.410 e. The first-order valence-corrected chi connectivity index (χ1v) is 13.3. The Kier molecular flexibility index (Phi) is 8.02. The number of piperidine rings is 1. The van der Waals surface area contributed by atoms with Gasteiger partial charge in [-0.05, 0) is 90.0 Å². The van der Waals surface area contributed by atoms with Gasteiger partial charge in [0.15, 0.2) is 5.58 Å². The van der Waals surface area contributed by atoms with Gasteiger partial charge in [0.1, 0.15) is 18.0 Å². The third-order valence-corrected chi connectivity index (χ3v) is 7.11. The van der Waals surface area contributed by atoms with Crippen molar-refractivity contribution in [2.24, 2.45) is 5.92 Å². The second kappa shape index (κ2) is 11.0. The fraction of sp³-hybridized carbons (Fsp3) is 0.556. The number of amides is 1. The van der Waals surface area contributed by atoms with Gasteiger partial charge in [-0.3, -0.25) is 0 Å². The summed E-state index contributed by atoms with van der Waals surface area (Å²) in [6.45, 7) is 8.48. The number of likely N-dealkylation sites (tertiary alicyclic amines) is 1. The van der Waals surface area contributed by atoms with E-state index in [-0.39, 0.29) is 6.09 Å². The molecule has 0 radical (unpaired) electrons. The maximum atomic E-state index is 12.3. The standard InChI is InChI=1S/C27H37N3O4S/c1-27(2,3)33-26(31)30-14-12-19(13-15-30)8-10-23-21-9-11-24(32-18-20-7-6-16-35-20)22(17-29(4)5)25(21)34-28-23/h6-7,9,11,16,19H,8,10,12-15,17-18H2,1-5H3. The smallest absolute Gasteiger partial charge is 0.410 e. The number of carbonyl (C=O) groups excluding carboxylic acids is 1. The summed E-state index contributed by atoms with van der Waals surface area (Å²) in [5.41, 5.74) is 2.40. The van der Waals surface area contributed by atoms with Gasteiger partial charge in [-0.1, -0.05) is 11.2 Å². The van der Waals surface area contributed by atoms with Crippen molar-refractivity contribution >= 4 is 28.4 Å². The van der Waals surface area contributed by atoms with Gasteiger partial charge in [-0.2, -0.15) is 0 Å². The predicted molar refractivity (Wildman–Crippen MR) is 139 cm³/mol. The molecule has 1 aliphatic heterocycles. The van der Waals surface area contributed by atoms with Crippen LogP contribution < -0.4 is 4.74 Å². The lowest BCUT2D eigenvalue weighted by molar-refractivity contribution is 0.0181. The molecule has 3 aromatic rings. The fourth-order valence-corrected chi connectivity index (χ4v) is 5.10. The van der Waals surface area contributed by atoms with Crippen LogP contribution in [0.3, 0.4) is 0 Å². The lowest BCUT2D eigenvalue weighted by Crippen LogP contribution is -2.41. The van der Waals surface area contributed by atoms with Crippen LogP contribution in [0, 0.1) is 5.92 Å². The van der Waals surface area contributed by atoms with Gasteiger partial charge >= 0.3 is 6.09 Å². The zero-order valence-corrected chi connectivity index (χ0v) is 22.3. The molecule has 35 heavy (non-hydrogen) atoms. The Morgan fingerprint density at radius 1 is 1.23 bits per heavy atom. The lowest BCUT2D eigenvalue weighted by Gasteiger charge is -2.33. The number of benzene rings is 1. The first-order chi connectivity index (χ1) is 16.7. The molecule has 2 aromatic heterocycles. The summed E-state index contributed by atoms with van der Waals surface area (Å²) in [7, 11) is 4.09. The number of aromatic nitrogens is 1. The third kappa shape index (κ3) is 6.76. The quantitative estimate of drug-likeness (QED) is 0.372. The number of hydrogen-bond acceptors (Lipinski definition) is 7. The summed E-state index contributed by atoms with van der Waals surface area (Å²) in [6.07, 6.45) is 3.66. The zero-order valence-electron chi connectivity index (χ0n) is 21.5. The minimum Gasteiger partial charge on any atom is -0.488 e. The minimum absolute atomic E-state index is 0.205. The molecule has 0 atom stereocenters. The summed E-state index contributed by atoms with van der Waals surface area (Å²) in [5, 5.41) is 7.58. The first kappa shape index (κ1) is 25.5. The summed E-state index contributed by atoms with van der Waals surface area (Å²) < 4.78 is 17.6. The van der Waals surface area contributed by atoms with Crippen molar-refractivity contribution in [2.75, 3.05) is 27.2 Å². The highest BCUT2D eigenvalue weighted by Crippen LogP contribution is 2.33. The number of rotatable bonds is 8. The monoisotopic (exact) mass is 499 g/mol. The Morgan fingerprint density at radius 3 is 2.66 bits per heavy atom. The van der Waals surface area contributed by atoms with E-state index in [1.54, 1.807) is 11.3 Å². The van der Waals surface area contributed by atoms with Gasteiger partial charge in [0.2, 0.25) is 0 Å². The Labute approximate surface area is 212 Å². The van der Waals surface area contributed by atoms with E-state index in [1.165, 1.54) is 4.88 Å². The minimum atomic E-state index is -0.456. The average Bonchev–Trinajstić information content (AvgIpc) is 3.46. The van der Waals surface area contributed by atoms with E-state index in [0.717, 1.165) is 73.3 Å². The number of fused-ring (bicyclic) bond motifs is 1. The van der Waals surface area contributed by atoms with Crippen LogP contribution >= 0.6 is 11.3 Å². The van der Waals surface area contributed by atoms with E-state index in [1.807, 2.05) is 45.8 Å². The van der Waals surface area contributed by atoms with Crippen LogP contribution in [-0.4, -0.2) is 53.8 Å². The van der Waals surface area contributed by atoms with Gasteiger partial charge in [-0.25, -0.2) is 4.79 Å². The second-order valence-electron chi connectivity index (χ2n) is 10.6. The molecule has 4 rings (SSSR count). The average molecular weight is 500 g/mol. The van der Waals surface area contributed by atoms with Gasteiger partial charge in [0.25, 0.3) is 0 Å². The molecule has 0 aliphatic carbocycles. The van der Waals surface area contributed by atoms with Crippen molar-refractivity contribution in [2.45, 2.75) is 65.2 Å². The normalized spacial score (nSPS) is 15.2. The zero-order chi connectivity index (χ0) is 25.0. The van der Waals surface area contributed by atoms with E-state index in [0.29, 0.717) is 12.5 Å². The van der Waals surface area contributed by atoms with E-state index < -0.39 is 5.60 Å². The summed E-state index contributed by atoms with van der Waals surface area (Å²) in [5.74, 6) is 1.41. The summed E-state index contributed by atoms with van der Waals surface area (Å²) >= 11 is 1.69. The first-order valence-electron chi connectivity index (χ1n) is 12.4. The van der Waals surface area contributed by atoms with Crippen molar-refractivity contribution < 1.29 is 18.8 Å². The molecule has 0 saturated carbocycles. The Morgan fingerprint density at radius 2 is 2.00 bits per heavy atom. The van der Waals surface area contributed by atoms with Crippen molar-refractivity contribution in [3.63, 3.8) is 0 Å². The molecule has 1 amide bonds. The molecule has 0 unspecified atom stereocenters. The third-order valence-electron chi connectivity index (χ3n) is 6.26. The lowest BCUT2D eigenvalue weighted by atomic mass is 9.91. The molecule has 8 heteroatoms. The molecule has 7 nitrogen and oxygen atoms in total. The molecule has 1 saturated heterocycles. The van der Waals surface area contributed by atoms with E-state index >= 15 is 0 Å². The predicted octanol–water partition coefficient (Wildman–Crippen LogP) is 6.11. The molecule has 0 N–H and O–H groups in total. The Hall–Kier alpha value is -2.58. The molecule has 0 bridgehead atoms. The Bertz CT molecular complexity index is 1110. The van der Waals surface area contributed by atoms with Crippen molar-refractivity contribution in [3.05, 3.63) is 45.8 Å². The van der Waals surface area contributed by atoms with Crippen molar-refractivity contribution in [1.82, 2.24) is 15.0 Å².